The van der Waals surface area contributed by atoms with Crippen LogP contribution in [0.2, 0.25) is 0 Å². The van der Waals surface area contributed by atoms with Gasteiger partial charge in [-0.2, -0.15) is 0 Å². The second-order valence-electron chi connectivity index (χ2n) is 10.8. The summed E-state index contributed by atoms with van der Waals surface area (Å²) in [5, 5.41) is 0.238. The molecule has 5 aromatic rings. The van der Waals surface area contributed by atoms with Crippen molar-refractivity contribution in [1.82, 2.24) is 14.5 Å². The maximum atomic E-state index is 15.4. The van der Waals surface area contributed by atoms with Crippen LogP contribution in [0.25, 0.3) is 16.6 Å². The molecule has 1 aliphatic carbocycles. The van der Waals surface area contributed by atoms with Crippen molar-refractivity contribution in [3.8, 4) is 34.6 Å². The lowest BCUT2D eigenvalue weighted by molar-refractivity contribution is 0.0991. The van der Waals surface area contributed by atoms with Crippen molar-refractivity contribution in [3.63, 3.8) is 0 Å². The molecule has 12 heteroatoms. The number of methoxy groups -OCH3 is 3. The maximum absolute atomic E-state index is 15.4. The van der Waals surface area contributed by atoms with E-state index in [0.717, 1.165) is 36.4 Å². The smallest absolute Gasteiger partial charge is 0.268 e. The van der Waals surface area contributed by atoms with Gasteiger partial charge in [-0.05, 0) is 61.6 Å². The summed E-state index contributed by atoms with van der Waals surface area (Å²) >= 11 is 0. The molecule has 2 aromatic carbocycles. The number of hydrogen-bond acceptors (Lipinski definition) is 8. The lowest BCUT2D eigenvalue weighted by atomic mass is 10.1. The summed E-state index contributed by atoms with van der Waals surface area (Å²) in [6.07, 6.45) is 4.38. The third-order valence-corrected chi connectivity index (χ3v) is 7.95. The molecular formula is C34H30F2N4O6. The first kappa shape index (κ1) is 30.5. The van der Waals surface area contributed by atoms with Crippen LogP contribution in [0.15, 0.2) is 65.7 Å². The second-order valence-corrected chi connectivity index (χ2v) is 10.8. The fourth-order valence-electron chi connectivity index (χ4n) is 5.29. The summed E-state index contributed by atoms with van der Waals surface area (Å²) in [5.41, 5.74) is 1.98. The molecule has 236 valence electrons. The second kappa shape index (κ2) is 12.1. The first-order chi connectivity index (χ1) is 22.1. The number of hydrogen-bond donors (Lipinski definition) is 0. The normalized spacial score (nSPS) is 12.6. The average molecular weight is 629 g/mol. The van der Waals surface area contributed by atoms with Gasteiger partial charge in [-0.15, -0.1) is 0 Å². The largest absolute Gasteiger partial charge is 0.493 e. The van der Waals surface area contributed by atoms with E-state index in [1.165, 1.54) is 62.1 Å². The van der Waals surface area contributed by atoms with Crippen LogP contribution >= 0.6 is 0 Å². The number of nitrogens with zero attached hydrogens (tertiary/aromatic N) is 4. The molecule has 6 rings (SSSR count). The van der Waals surface area contributed by atoms with Crippen LogP contribution in [0, 0.1) is 18.6 Å². The molecule has 1 saturated carbocycles. The Labute approximate surface area is 262 Å². The van der Waals surface area contributed by atoms with Gasteiger partial charge in [0.05, 0.1) is 44.9 Å². The van der Waals surface area contributed by atoms with Gasteiger partial charge in [-0.25, -0.2) is 13.8 Å². The fraction of sp³-hybridized carbons (Fsp3) is 0.235. The van der Waals surface area contributed by atoms with Crippen LogP contribution in [-0.4, -0.2) is 48.8 Å². The van der Waals surface area contributed by atoms with E-state index in [1.54, 1.807) is 24.4 Å². The number of aromatic nitrogens is 3. The molecule has 10 nitrogen and oxygen atoms in total. The van der Waals surface area contributed by atoms with E-state index in [2.05, 4.69) is 9.97 Å². The number of rotatable bonds is 9. The molecule has 0 atom stereocenters. The van der Waals surface area contributed by atoms with Crippen molar-refractivity contribution >= 4 is 22.5 Å². The van der Waals surface area contributed by atoms with E-state index in [9.17, 15) is 14.0 Å². The number of amides is 1. The number of benzene rings is 2. The number of carbonyl (C=O) groups is 1. The molecule has 46 heavy (non-hydrogen) atoms. The standard InChI is InChI=1S/C34H30F2N4O6/c1-18-12-31(45-5)38-17-27(18)40-26(19-6-7-19)10-9-21(34(40)42)33(41)39(2)20-8-11-28(23(35)13-20)46-32-22-14-29(43-3)30(44-4)15-25(22)37-16-24(32)36/h8-17,19H,6-7H2,1-5H3. The molecule has 3 aromatic heterocycles. The van der Waals surface area contributed by atoms with Crippen molar-refractivity contribution < 1.29 is 32.5 Å². The van der Waals surface area contributed by atoms with Crippen LogP contribution in [0.3, 0.4) is 0 Å². The maximum Gasteiger partial charge on any atom is 0.268 e. The summed E-state index contributed by atoms with van der Waals surface area (Å²) in [6.45, 7) is 1.84. The number of fused-ring (bicyclic) bond motifs is 1. The van der Waals surface area contributed by atoms with E-state index in [4.69, 9.17) is 18.9 Å². The minimum absolute atomic E-state index is 0.0995. The van der Waals surface area contributed by atoms with Crippen LogP contribution in [0.5, 0.6) is 28.9 Å². The zero-order valence-electron chi connectivity index (χ0n) is 25.8. The van der Waals surface area contributed by atoms with E-state index in [1.807, 2.05) is 6.92 Å². The Morgan fingerprint density at radius 2 is 1.63 bits per heavy atom. The monoisotopic (exact) mass is 628 g/mol. The molecule has 0 bridgehead atoms. The van der Waals surface area contributed by atoms with Crippen molar-refractivity contribution in [2.24, 2.45) is 0 Å². The van der Waals surface area contributed by atoms with Gasteiger partial charge in [-0.1, -0.05) is 0 Å². The summed E-state index contributed by atoms with van der Waals surface area (Å²) in [6, 6.07) is 11.8. The summed E-state index contributed by atoms with van der Waals surface area (Å²) in [4.78, 5) is 37.0. The van der Waals surface area contributed by atoms with E-state index < -0.39 is 23.1 Å². The summed E-state index contributed by atoms with van der Waals surface area (Å²) in [7, 11) is 5.84. The predicted octanol–water partition coefficient (Wildman–Crippen LogP) is 6.34. The third-order valence-electron chi connectivity index (χ3n) is 7.95. The molecule has 0 aliphatic heterocycles. The highest BCUT2D eigenvalue weighted by atomic mass is 19.1. The molecular weight excluding hydrogens is 598 g/mol. The highest BCUT2D eigenvalue weighted by Gasteiger charge is 2.30. The summed E-state index contributed by atoms with van der Waals surface area (Å²) in [5.74, 6) is -1.57. The molecule has 1 aliphatic rings. The van der Waals surface area contributed by atoms with Crippen LogP contribution in [0.4, 0.5) is 14.5 Å². The molecule has 0 spiro atoms. The average Bonchev–Trinajstić information content (AvgIpc) is 3.91. The van der Waals surface area contributed by atoms with Gasteiger partial charge < -0.3 is 23.8 Å². The lowest BCUT2D eigenvalue weighted by Gasteiger charge is -2.20. The highest BCUT2D eigenvalue weighted by Crippen LogP contribution is 2.41. The zero-order valence-corrected chi connectivity index (χ0v) is 25.8. The molecule has 0 N–H and O–H groups in total. The molecule has 0 radical (unpaired) electrons. The van der Waals surface area contributed by atoms with Gasteiger partial charge in [0, 0.05) is 42.0 Å². The lowest BCUT2D eigenvalue weighted by Crippen LogP contribution is -2.35. The number of carbonyl (C=O) groups excluding carboxylic acids is 1. The minimum atomic E-state index is -0.858. The Bertz CT molecular complexity index is 2060. The number of aryl methyl sites for hydroxylation is 1. The molecule has 0 unspecified atom stereocenters. The van der Waals surface area contributed by atoms with Crippen LogP contribution < -0.4 is 29.4 Å². The Hall–Kier alpha value is -5.52. The Morgan fingerprint density at radius 1 is 0.891 bits per heavy atom. The van der Waals surface area contributed by atoms with Crippen molar-refractivity contribution in [3.05, 3.63) is 99.7 Å². The number of anilines is 1. The first-order valence-corrected chi connectivity index (χ1v) is 14.4. The van der Waals surface area contributed by atoms with Gasteiger partial charge in [-0.3, -0.25) is 19.1 Å². The van der Waals surface area contributed by atoms with Gasteiger partial charge in [0.15, 0.2) is 34.6 Å². The minimum Gasteiger partial charge on any atom is -0.493 e. The molecule has 3 heterocycles. The summed E-state index contributed by atoms with van der Waals surface area (Å²) < 4.78 is 53.4. The van der Waals surface area contributed by atoms with Gasteiger partial charge in [0.1, 0.15) is 5.56 Å². The van der Waals surface area contributed by atoms with Crippen molar-refractivity contribution in [2.75, 3.05) is 33.3 Å². The van der Waals surface area contributed by atoms with Crippen molar-refractivity contribution in [1.29, 1.82) is 0 Å². The van der Waals surface area contributed by atoms with Gasteiger partial charge >= 0.3 is 0 Å². The fourth-order valence-corrected chi connectivity index (χ4v) is 5.29. The van der Waals surface area contributed by atoms with Gasteiger partial charge in [0.25, 0.3) is 11.5 Å². The van der Waals surface area contributed by atoms with E-state index in [-0.39, 0.29) is 34.1 Å². The zero-order chi connectivity index (χ0) is 32.7. The highest BCUT2D eigenvalue weighted by molar-refractivity contribution is 6.05. The van der Waals surface area contributed by atoms with Gasteiger partial charge in [0.2, 0.25) is 5.88 Å². The number of halogens is 2. The van der Waals surface area contributed by atoms with E-state index >= 15 is 4.39 Å². The molecule has 1 fully saturated rings. The van der Waals surface area contributed by atoms with Crippen molar-refractivity contribution in [2.45, 2.75) is 25.7 Å². The SMILES string of the molecule is COc1cc(C)c(-n2c(C3CC3)ccc(C(=O)N(C)c3ccc(Oc4c(F)cnc5cc(OC)c(OC)cc45)c(F)c3)c2=O)cn1. The van der Waals surface area contributed by atoms with Crippen LogP contribution in [-0.2, 0) is 0 Å². The number of pyridine rings is 3. The quantitative estimate of drug-likeness (QED) is 0.186. The first-order valence-electron chi connectivity index (χ1n) is 14.4. The molecule has 0 saturated heterocycles. The Kier molecular flexibility index (Phi) is 8.03. The van der Waals surface area contributed by atoms with E-state index in [0.29, 0.717) is 28.6 Å². The number of ether oxygens (including phenoxy) is 4. The van der Waals surface area contributed by atoms with Crippen LogP contribution in [0.1, 0.15) is 40.4 Å². The topological polar surface area (TPSA) is 105 Å². The predicted molar refractivity (Wildman–Crippen MR) is 167 cm³/mol. The Balaban J connectivity index is 1.32. The third kappa shape index (κ3) is 5.46. The molecule has 1 amide bonds. The Morgan fingerprint density at radius 3 is 2.28 bits per heavy atom.